The van der Waals surface area contributed by atoms with E-state index < -0.39 is 11.8 Å². The van der Waals surface area contributed by atoms with Gasteiger partial charge < -0.3 is 14.8 Å². The number of aromatic amines is 1. The molecule has 6 nitrogen and oxygen atoms in total. The van der Waals surface area contributed by atoms with Crippen molar-refractivity contribution >= 4 is 40.8 Å². The number of amides is 2. The Morgan fingerprint density at radius 2 is 1.61 bits per heavy atom. The molecule has 1 N–H and O–H groups in total. The first-order valence-corrected chi connectivity index (χ1v) is 11.0. The van der Waals surface area contributed by atoms with Gasteiger partial charge in [0, 0.05) is 43.3 Å². The Kier molecular flexibility index (Phi) is 6.34. The molecule has 0 aliphatic carbocycles. The van der Waals surface area contributed by atoms with Crippen LogP contribution in [-0.4, -0.2) is 46.2 Å². The quantitative estimate of drug-likeness (QED) is 0.579. The van der Waals surface area contributed by atoms with E-state index in [1.54, 1.807) is 22.1 Å². The molecule has 1 fully saturated rings. The van der Waals surface area contributed by atoms with E-state index in [1.165, 1.54) is 17.4 Å². The molecule has 0 atom stereocenters. The van der Waals surface area contributed by atoms with Crippen LogP contribution in [0.4, 0.5) is 0 Å². The smallest absolute Gasteiger partial charge is 0.312 e. The van der Waals surface area contributed by atoms with Crippen LogP contribution >= 0.6 is 22.9 Å². The molecular weight excluding hydrogens is 434 g/mol. The fourth-order valence-corrected chi connectivity index (χ4v) is 4.36. The summed E-state index contributed by atoms with van der Waals surface area (Å²) in [5.41, 5.74) is 2.67. The lowest BCUT2D eigenvalue weighted by molar-refractivity contribution is -0.156. The van der Waals surface area contributed by atoms with Gasteiger partial charge in [-0.25, -0.2) is 0 Å². The molecule has 0 radical (unpaired) electrons. The number of halogens is 1. The minimum atomic E-state index is -0.483. The standard InChI is InChI=1S/C23H20ClN3O3S/c24-20-9-8-19(31-20)2-1-11-26-12-13-27(23(30)22(26)29)15-16-3-5-17(6-4-16)18-7-10-21(28)25-14-18/h1-10,14H,11-13,15H2,(H,25,28). The number of nitrogens with one attached hydrogen (secondary N) is 1. The van der Waals surface area contributed by atoms with Crippen LogP contribution in [0.5, 0.6) is 0 Å². The summed E-state index contributed by atoms with van der Waals surface area (Å²) >= 11 is 7.38. The maximum absolute atomic E-state index is 12.6. The molecule has 2 aromatic heterocycles. The van der Waals surface area contributed by atoms with E-state index in [-0.39, 0.29) is 5.56 Å². The zero-order chi connectivity index (χ0) is 21.8. The van der Waals surface area contributed by atoms with Crippen LogP contribution in [0, 0.1) is 0 Å². The van der Waals surface area contributed by atoms with Gasteiger partial charge in [-0.15, -0.1) is 11.3 Å². The van der Waals surface area contributed by atoms with Gasteiger partial charge in [-0.2, -0.15) is 0 Å². The summed E-state index contributed by atoms with van der Waals surface area (Å²) in [6.07, 6.45) is 5.45. The lowest BCUT2D eigenvalue weighted by atomic mass is 10.1. The fraction of sp³-hybridized carbons (Fsp3) is 0.174. The number of benzene rings is 1. The minimum Gasteiger partial charge on any atom is -0.329 e. The number of H-pyrrole nitrogens is 1. The molecule has 31 heavy (non-hydrogen) atoms. The molecule has 1 aliphatic heterocycles. The van der Waals surface area contributed by atoms with Crippen molar-refractivity contribution in [3.05, 3.63) is 85.9 Å². The van der Waals surface area contributed by atoms with Crippen molar-refractivity contribution in [3.8, 4) is 11.1 Å². The van der Waals surface area contributed by atoms with Crippen molar-refractivity contribution in [2.45, 2.75) is 6.54 Å². The summed E-state index contributed by atoms with van der Waals surface area (Å²) in [7, 11) is 0. The van der Waals surface area contributed by atoms with E-state index >= 15 is 0 Å². The Hall–Kier alpha value is -3.16. The fourth-order valence-electron chi connectivity index (χ4n) is 3.37. The van der Waals surface area contributed by atoms with Crippen molar-refractivity contribution in [2.24, 2.45) is 0 Å². The summed E-state index contributed by atoms with van der Waals surface area (Å²) in [5.74, 6) is -0.964. The topological polar surface area (TPSA) is 73.5 Å². The first kappa shape index (κ1) is 21.1. The zero-order valence-electron chi connectivity index (χ0n) is 16.6. The molecule has 0 spiro atoms. The molecule has 8 heteroatoms. The number of rotatable bonds is 6. The Balaban J connectivity index is 1.34. The monoisotopic (exact) mass is 453 g/mol. The van der Waals surface area contributed by atoms with Crippen LogP contribution in [0.1, 0.15) is 10.4 Å². The van der Waals surface area contributed by atoms with Crippen LogP contribution < -0.4 is 5.56 Å². The molecule has 1 saturated heterocycles. The minimum absolute atomic E-state index is 0.144. The Bertz CT molecular complexity index is 1160. The third kappa shape index (κ3) is 5.13. The molecule has 3 aromatic rings. The highest BCUT2D eigenvalue weighted by Crippen LogP contribution is 2.22. The highest BCUT2D eigenvalue weighted by Gasteiger charge is 2.31. The molecule has 0 unspecified atom stereocenters. The van der Waals surface area contributed by atoms with E-state index in [9.17, 15) is 14.4 Å². The van der Waals surface area contributed by atoms with Crippen LogP contribution in [0.2, 0.25) is 4.34 Å². The summed E-state index contributed by atoms with van der Waals surface area (Å²) < 4.78 is 0.714. The normalized spacial score (nSPS) is 14.6. The molecule has 2 amide bonds. The number of aromatic nitrogens is 1. The predicted molar refractivity (Wildman–Crippen MR) is 123 cm³/mol. The van der Waals surface area contributed by atoms with Crippen molar-refractivity contribution in [2.75, 3.05) is 19.6 Å². The molecule has 4 rings (SSSR count). The maximum Gasteiger partial charge on any atom is 0.312 e. The summed E-state index contributed by atoms with van der Waals surface area (Å²) in [4.78, 5) is 43.1. The maximum atomic E-state index is 12.6. The second-order valence-electron chi connectivity index (χ2n) is 7.16. The molecular formula is C23H20ClN3O3S. The number of thiophene rings is 1. The highest BCUT2D eigenvalue weighted by atomic mass is 35.5. The van der Waals surface area contributed by atoms with Crippen molar-refractivity contribution in [3.63, 3.8) is 0 Å². The molecule has 1 aromatic carbocycles. The first-order valence-electron chi connectivity index (χ1n) is 9.78. The summed E-state index contributed by atoms with van der Waals surface area (Å²) in [6.45, 7) is 1.76. The summed E-state index contributed by atoms with van der Waals surface area (Å²) in [6, 6.07) is 14.7. The van der Waals surface area contributed by atoms with Crippen LogP contribution in [0.25, 0.3) is 17.2 Å². The number of carbonyl (C=O) groups excluding carboxylic acids is 2. The van der Waals surface area contributed by atoms with Gasteiger partial charge in [0.05, 0.1) is 4.34 Å². The average Bonchev–Trinajstić information content (AvgIpc) is 3.19. The Morgan fingerprint density at radius 1 is 0.903 bits per heavy atom. The molecule has 1 aliphatic rings. The SMILES string of the molecule is O=C1C(=O)N(Cc2ccc(-c3ccc(=O)[nH]c3)cc2)CCN1CC=Cc1ccc(Cl)s1. The van der Waals surface area contributed by atoms with E-state index in [0.717, 1.165) is 21.6 Å². The van der Waals surface area contributed by atoms with Crippen molar-refractivity contribution in [1.82, 2.24) is 14.8 Å². The number of hydrogen-bond donors (Lipinski definition) is 1. The van der Waals surface area contributed by atoms with E-state index in [2.05, 4.69) is 4.98 Å². The van der Waals surface area contributed by atoms with Gasteiger partial charge in [0.2, 0.25) is 5.56 Å². The van der Waals surface area contributed by atoms with Gasteiger partial charge in [0.1, 0.15) is 0 Å². The van der Waals surface area contributed by atoms with Gasteiger partial charge >= 0.3 is 11.8 Å². The summed E-state index contributed by atoms with van der Waals surface area (Å²) in [5, 5.41) is 0. The van der Waals surface area contributed by atoms with Crippen molar-refractivity contribution in [1.29, 1.82) is 0 Å². The van der Waals surface area contributed by atoms with Crippen LogP contribution in [-0.2, 0) is 16.1 Å². The Morgan fingerprint density at radius 3 is 2.29 bits per heavy atom. The van der Waals surface area contributed by atoms with Crippen molar-refractivity contribution < 1.29 is 9.59 Å². The average molecular weight is 454 g/mol. The first-order chi connectivity index (χ1) is 15.0. The number of pyridine rings is 1. The third-order valence-corrected chi connectivity index (χ3v) is 6.24. The zero-order valence-corrected chi connectivity index (χ0v) is 18.2. The number of nitrogens with zero attached hydrogens (tertiary/aromatic N) is 2. The highest BCUT2D eigenvalue weighted by molar-refractivity contribution is 7.16. The van der Waals surface area contributed by atoms with Gasteiger partial charge in [-0.3, -0.25) is 14.4 Å². The second-order valence-corrected chi connectivity index (χ2v) is 8.91. The molecule has 3 heterocycles. The van der Waals surface area contributed by atoms with Gasteiger partial charge in [0.15, 0.2) is 0 Å². The van der Waals surface area contributed by atoms with Crippen LogP contribution in [0.15, 0.2) is 65.6 Å². The van der Waals surface area contributed by atoms with E-state index in [1.807, 2.05) is 48.6 Å². The lowest BCUT2D eigenvalue weighted by Gasteiger charge is -2.33. The van der Waals surface area contributed by atoms with Gasteiger partial charge in [0.25, 0.3) is 0 Å². The molecule has 0 bridgehead atoms. The van der Waals surface area contributed by atoms with E-state index in [0.29, 0.717) is 30.5 Å². The second kappa shape index (κ2) is 9.32. The lowest BCUT2D eigenvalue weighted by Crippen LogP contribution is -2.53. The number of hydrogen-bond acceptors (Lipinski definition) is 4. The number of piperazine rings is 1. The largest absolute Gasteiger partial charge is 0.329 e. The number of carbonyl (C=O) groups is 2. The molecule has 158 valence electrons. The van der Waals surface area contributed by atoms with E-state index in [4.69, 9.17) is 11.6 Å². The Labute approximate surface area is 188 Å². The molecule has 0 saturated carbocycles. The van der Waals surface area contributed by atoms with Gasteiger partial charge in [-0.05, 0) is 41.0 Å². The third-order valence-electron chi connectivity index (χ3n) is 5.04. The van der Waals surface area contributed by atoms with Crippen LogP contribution in [0.3, 0.4) is 0 Å². The predicted octanol–water partition coefficient (Wildman–Crippen LogP) is 3.64. The van der Waals surface area contributed by atoms with Gasteiger partial charge in [-0.1, -0.05) is 41.9 Å².